The van der Waals surface area contributed by atoms with Gasteiger partial charge in [-0.3, -0.25) is 4.79 Å². The number of carbonyl (C=O) groups excluding carboxylic acids is 1. The van der Waals surface area contributed by atoms with Crippen molar-refractivity contribution in [1.82, 2.24) is 24.7 Å². The number of pyridine rings is 1. The van der Waals surface area contributed by atoms with E-state index in [1.165, 1.54) is 11.1 Å². The van der Waals surface area contributed by atoms with E-state index in [0.717, 1.165) is 66.9 Å². The zero-order chi connectivity index (χ0) is 25.9. The molecule has 2 saturated heterocycles. The average molecular weight is 510 g/mol. The van der Waals surface area contributed by atoms with E-state index in [9.17, 15) is 4.79 Å². The van der Waals surface area contributed by atoms with E-state index in [-0.39, 0.29) is 5.91 Å². The molecular formula is C31H35N5O2. The second-order valence-electron chi connectivity index (χ2n) is 10.4. The monoisotopic (exact) mass is 509 g/mol. The van der Waals surface area contributed by atoms with E-state index >= 15 is 0 Å². The van der Waals surface area contributed by atoms with Gasteiger partial charge in [-0.1, -0.05) is 36.4 Å². The van der Waals surface area contributed by atoms with Crippen LogP contribution in [0.2, 0.25) is 0 Å². The number of H-pyrrole nitrogens is 1. The largest absolute Gasteiger partial charge is 0.378 e. The van der Waals surface area contributed by atoms with Crippen LogP contribution in [0.25, 0.3) is 33.3 Å². The van der Waals surface area contributed by atoms with E-state index in [0.29, 0.717) is 31.9 Å². The minimum atomic E-state index is 0.0645. The van der Waals surface area contributed by atoms with Crippen molar-refractivity contribution in [2.75, 3.05) is 66.1 Å². The van der Waals surface area contributed by atoms with Crippen LogP contribution in [-0.2, 0) is 11.2 Å². The first kappa shape index (κ1) is 24.8. The van der Waals surface area contributed by atoms with Crippen LogP contribution < -0.4 is 0 Å². The van der Waals surface area contributed by atoms with Crippen molar-refractivity contribution >= 4 is 16.9 Å². The van der Waals surface area contributed by atoms with Crippen molar-refractivity contribution in [1.29, 1.82) is 0 Å². The third kappa shape index (κ3) is 5.36. The number of nitrogens with zero attached hydrogens (tertiary/aromatic N) is 4. The first-order valence-corrected chi connectivity index (χ1v) is 13.6. The van der Waals surface area contributed by atoms with Crippen molar-refractivity contribution in [2.24, 2.45) is 0 Å². The normalized spacial score (nSPS) is 17.2. The Bertz CT molecular complexity index is 1380. The molecule has 0 atom stereocenters. The summed E-state index contributed by atoms with van der Waals surface area (Å²) >= 11 is 0. The molecule has 2 aromatic carbocycles. The van der Waals surface area contributed by atoms with Crippen molar-refractivity contribution in [3.05, 3.63) is 78.1 Å². The van der Waals surface area contributed by atoms with Gasteiger partial charge in [0.15, 0.2) is 0 Å². The molecule has 0 saturated carbocycles. The number of ether oxygens (including phenoxy) is 1. The molecule has 2 fully saturated rings. The third-order valence-electron chi connectivity index (χ3n) is 7.87. The summed E-state index contributed by atoms with van der Waals surface area (Å²) in [6.07, 6.45) is 5.01. The Morgan fingerprint density at radius 3 is 2.34 bits per heavy atom. The second kappa shape index (κ2) is 11.1. The summed E-state index contributed by atoms with van der Waals surface area (Å²) < 4.78 is 5.37. The highest BCUT2D eigenvalue weighted by Crippen LogP contribution is 2.31. The summed E-state index contributed by atoms with van der Waals surface area (Å²) in [7, 11) is 2.20. The number of morpholine rings is 1. The Labute approximate surface area is 224 Å². The summed E-state index contributed by atoms with van der Waals surface area (Å²) in [6.45, 7) is 8.26. The molecule has 0 spiro atoms. The number of aromatic nitrogens is 2. The van der Waals surface area contributed by atoms with Crippen LogP contribution in [0.5, 0.6) is 0 Å². The molecule has 4 aromatic rings. The molecule has 7 heteroatoms. The molecule has 0 aliphatic carbocycles. The van der Waals surface area contributed by atoms with E-state index in [1.54, 1.807) is 0 Å². The van der Waals surface area contributed by atoms with E-state index in [2.05, 4.69) is 52.2 Å². The number of hydrogen-bond acceptors (Lipinski definition) is 5. The Kier molecular flexibility index (Phi) is 7.22. The quantitative estimate of drug-likeness (QED) is 0.423. The predicted molar refractivity (Wildman–Crippen MR) is 151 cm³/mol. The molecule has 2 aliphatic rings. The summed E-state index contributed by atoms with van der Waals surface area (Å²) in [4.78, 5) is 27.6. The van der Waals surface area contributed by atoms with Crippen molar-refractivity contribution in [3.8, 4) is 22.3 Å². The molecule has 0 radical (unpaired) electrons. The van der Waals surface area contributed by atoms with Crippen LogP contribution in [0.4, 0.5) is 0 Å². The van der Waals surface area contributed by atoms with E-state index in [4.69, 9.17) is 9.72 Å². The van der Waals surface area contributed by atoms with E-state index in [1.807, 2.05) is 41.6 Å². The molecule has 7 nitrogen and oxygen atoms in total. The second-order valence-corrected chi connectivity index (χ2v) is 10.4. The minimum Gasteiger partial charge on any atom is -0.378 e. The number of rotatable bonds is 6. The zero-order valence-corrected chi connectivity index (χ0v) is 22.0. The lowest BCUT2D eigenvalue weighted by atomic mass is 10.00. The molecule has 1 N–H and O–H groups in total. The molecule has 2 aromatic heterocycles. The Morgan fingerprint density at radius 1 is 0.895 bits per heavy atom. The first-order valence-electron chi connectivity index (χ1n) is 13.6. The molecule has 196 valence electrons. The van der Waals surface area contributed by atoms with Gasteiger partial charge in [0.1, 0.15) is 5.65 Å². The Balaban J connectivity index is 1.16. The maximum atomic E-state index is 12.8. The van der Waals surface area contributed by atoms with Crippen molar-refractivity contribution < 1.29 is 9.53 Å². The van der Waals surface area contributed by atoms with Crippen LogP contribution in [0.1, 0.15) is 15.9 Å². The molecule has 6 rings (SSSR count). The van der Waals surface area contributed by atoms with Crippen molar-refractivity contribution in [2.45, 2.75) is 6.42 Å². The number of amides is 1. The van der Waals surface area contributed by atoms with Gasteiger partial charge >= 0.3 is 0 Å². The predicted octanol–water partition coefficient (Wildman–Crippen LogP) is 4.16. The molecule has 2 aliphatic heterocycles. The van der Waals surface area contributed by atoms with Crippen molar-refractivity contribution in [3.63, 3.8) is 0 Å². The molecule has 4 heterocycles. The van der Waals surface area contributed by atoms with Crippen LogP contribution in [-0.4, -0.2) is 96.6 Å². The maximum absolute atomic E-state index is 12.8. The van der Waals surface area contributed by atoms with Gasteiger partial charge in [0.25, 0.3) is 5.91 Å². The standard InChI is InChI=1S/C31H35N5O2/c1-34-12-14-35(15-13-34)11-10-23-2-4-24(5-3-23)27-20-28-29(22-33-30(28)32-21-27)25-6-8-26(9-7-25)31(37)36-16-18-38-19-17-36/h2-9,20-22H,10-19H2,1H3,(H,32,33). The lowest BCUT2D eigenvalue weighted by Crippen LogP contribution is -2.45. The number of carbonyl (C=O) groups is 1. The summed E-state index contributed by atoms with van der Waals surface area (Å²) in [6, 6.07) is 19.0. The number of likely N-dealkylation sites (N-methyl/N-ethyl adjacent to an activating group) is 1. The summed E-state index contributed by atoms with van der Waals surface area (Å²) in [5, 5.41) is 1.08. The number of nitrogens with one attached hydrogen (secondary N) is 1. The van der Waals surface area contributed by atoms with Gasteiger partial charge in [-0.05, 0) is 48.4 Å². The lowest BCUT2D eigenvalue weighted by Gasteiger charge is -2.32. The zero-order valence-electron chi connectivity index (χ0n) is 22.0. The fourth-order valence-corrected chi connectivity index (χ4v) is 5.36. The highest BCUT2D eigenvalue weighted by molar-refractivity contribution is 5.98. The first-order chi connectivity index (χ1) is 18.6. The van der Waals surface area contributed by atoms with Crippen LogP contribution in [0, 0.1) is 0 Å². The summed E-state index contributed by atoms with van der Waals surface area (Å²) in [5.41, 5.74) is 7.36. The average Bonchev–Trinajstić information content (AvgIpc) is 3.41. The number of fused-ring (bicyclic) bond motifs is 1. The molecule has 1 amide bonds. The number of hydrogen-bond donors (Lipinski definition) is 1. The lowest BCUT2D eigenvalue weighted by molar-refractivity contribution is 0.0303. The van der Waals surface area contributed by atoms with Crippen LogP contribution in [0.15, 0.2) is 67.0 Å². The number of benzene rings is 2. The maximum Gasteiger partial charge on any atom is 0.254 e. The van der Waals surface area contributed by atoms with Gasteiger partial charge < -0.3 is 24.4 Å². The van der Waals surface area contributed by atoms with Gasteiger partial charge in [0, 0.05) is 80.3 Å². The minimum absolute atomic E-state index is 0.0645. The van der Waals surface area contributed by atoms with Crippen LogP contribution in [0.3, 0.4) is 0 Å². The van der Waals surface area contributed by atoms with Gasteiger partial charge in [0.2, 0.25) is 0 Å². The smallest absolute Gasteiger partial charge is 0.254 e. The SMILES string of the molecule is CN1CCN(CCc2ccc(-c3cnc4[nH]cc(-c5ccc(C(=O)N6CCOCC6)cc5)c4c3)cc2)CC1. The summed E-state index contributed by atoms with van der Waals surface area (Å²) in [5.74, 6) is 0.0645. The fraction of sp³-hybridized carbons (Fsp3) is 0.355. The topological polar surface area (TPSA) is 64.7 Å². The van der Waals surface area contributed by atoms with Gasteiger partial charge in [-0.25, -0.2) is 4.98 Å². The number of aromatic amines is 1. The van der Waals surface area contributed by atoms with Gasteiger partial charge in [-0.15, -0.1) is 0 Å². The van der Waals surface area contributed by atoms with Crippen LogP contribution >= 0.6 is 0 Å². The molecule has 38 heavy (non-hydrogen) atoms. The Morgan fingerprint density at radius 2 is 1.61 bits per heavy atom. The highest BCUT2D eigenvalue weighted by atomic mass is 16.5. The highest BCUT2D eigenvalue weighted by Gasteiger charge is 2.19. The third-order valence-corrected chi connectivity index (χ3v) is 7.87. The fourth-order valence-electron chi connectivity index (χ4n) is 5.36. The van der Waals surface area contributed by atoms with E-state index < -0.39 is 0 Å². The van der Waals surface area contributed by atoms with Gasteiger partial charge in [-0.2, -0.15) is 0 Å². The molecule has 0 unspecified atom stereocenters. The van der Waals surface area contributed by atoms with Gasteiger partial charge in [0.05, 0.1) is 13.2 Å². The molecular weight excluding hydrogens is 474 g/mol. The molecule has 0 bridgehead atoms. The number of piperazine rings is 1. The Hall–Kier alpha value is -3.52.